The minimum absolute atomic E-state index is 0.0557. The highest BCUT2D eigenvalue weighted by Crippen LogP contribution is 2.13. The Morgan fingerprint density at radius 2 is 2.00 bits per heavy atom. The zero-order chi connectivity index (χ0) is 16.1. The molecule has 2 N–H and O–H groups in total. The van der Waals surface area contributed by atoms with E-state index in [4.69, 9.17) is 0 Å². The highest BCUT2D eigenvalue weighted by Gasteiger charge is 2.15. The summed E-state index contributed by atoms with van der Waals surface area (Å²) in [6.07, 6.45) is 1.64. The van der Waals surface area contributed by atoms with Crippen LogP contribution in [0.25, 0.3) is 5.69 Å². The quantitative estimate of drug-likeness (QED) is 0.858. The molecule has 0 unspecified atom stereocenters. The number of nitrogens with zero attached hydrogens (tertiary/aromatic N) is 3. The van der Waals surface area contributed by atoms with Crippen LogP contribution in [0.1, 0.15) is 16.1 Å². The molecule has 23 heavy (non-hydrogen) atoms. The second-order valence-electron chi connectivity index (χ2n) is 5.74. The van der Waals surface area contributed by atoms with E-state index in [9.17, 15) is 4.79 Å². The highest BCUT2D eigenvalue weighted by molar-refractivity contribution is 5.95. The van der Waals surface area contributed by atoms with E-state index in [1.54, 1.807) is 10.9 Å². The van der Waals surface area contributed by atoms with Gasteiger partial charge in [0.05, 0.1) is 23.1 Å². The molecular weight excluding hydrogens is 290 g/mol. The van der Waals surface area contributed by atoms with Crippen LogP contribution in [-0.4, -0.2) is 59.9 Å². The summed E-state index contributed by atoms with van der Waals surface area (Å²) in [6, 6.07) is 9.84. The van der Waals surface area contributed by atoms with Crippen molar-refractivity contribution in [3.8, 4) is 5.69 Å². The second kappa shape index (κ2) is 7.39. The zero-order valence-electron chi connectivity index (χ0n) is 13.5. The van der Waals surface area contributed by atoms with Crippen LogP contribution in [0.3, 0.4) is 0 Å². The summed E-state index contributed by atoms with van der Waals surface area (Å²) in [5, 5.41) is 10.7. The van der Waals surface area contributed by atoms with Gasteiger partial charge in [0.2, 0.25) is 0 Å². The SMILES string of the molecule is Cc1c(C(=O)NCCN2CCNCC2)cnn1-c1ccccc1. The molecule has 6 nitrogen and oxygen atoms in total. The van der Waals surface area contributed by atoms with Crippen molar-refractivity contribution >= 4 is 5.91 Å². The maximum absolute atomic E-state index is 12.4. The van der Waals surface area contributed by atoms with Crippen LogP contribution < -0.4 is 10.6 Å². The average Bonchev–Trinajstić information content (AvgIpc) is 2.98. The molecule has 1 amide bonds. The third-order valence-electron chi connectivity index (χ3n) is 4.18. The molecular formula is C17H23N5O. The fraction of sp³-hybridized carbons (Fsp3) is 0.412. The van der Waals surface area contributed by atoms with E-state index < -0.39 is 0 Å². The molecule has 1 saturated heterocycles. The summed E-state index contributed by atoms with van der Waals surface area (Å²) in [7, 11) is 0. The van der Waals surface area contributed by atoms with Crippen molar-refractivity contribution in [3.63, 3.8) is 0 Å². The minimum atomic E-state index is -0.0557. The number of nitrogens with one attached hydrogen (secondary N) is 2. The second-order valence-corrected chi connectivity index (χ2v) is 5.74. The van der Waals surface area contributed by atoms with Gasteiger partial charge < -0.3 is 10.6 Å². The molecule has 2 aromatic rings. The number of piperazine rings is 1. The van der Waals surface area contributed by atoms with Crippen LogP contribution in [-0.2, 0) is 0 Å². The van der Waals surface area contributed by atoms with Gasteiger partial charge in [-0.05, 0) is 19.1 Å². The lowest BCUT2D eigenvalue weighted by molar-refractivity contribution is 0.0946. The number of hydrogen-bond donors (Lipinski definition) is 2. The molecule has 1 aromatic carbocycles. The fourth-order valence-corrected chi connectivity index (χ4v) is 2.82. The van der Waals surface area contributed by atoms with Gasteiger partial charge in [0.1, 0.15) is 0 Å². The van der Waals surface area contributed by atoms with E-state index in [-0.39, 0.29) is 5.91 Å². The molecule has 6 heteroatoms. The number of carbonyl (C=O) groups is 1. The first-order valence-corrected chi connectivity index (χ1v) is 8.07. The molecule has 0 aliphatic carbocycles. The number of benzene rings is 1. The summed E-state index contributed by atoms with van der Waals surface area (Å²) in [4.78, 5) is 14.7. The van der Waals surface area contributed by atoms with Crippen LogP contribution >= 0.6 is 0 Å². The molecule has 0 atom stereocenters. The Hall–Kier alpha value is -2.18. The molecule has 0 spiro atoms. The Kier molecular flexibility index (Phi) is 5.05. The van der Waals surface area contributed by atoms with Crippen molar-refractivity contribution in [2.45, 2.75) is 6.92 Å². The average molecular weight is 313 g/mol. The third kappa shape index (κ3) is 3.78. The first-order chi connectivity index (χ1) is 11.3. The molecule has 2 heterocycles. The van der Waals surface area contributed by atoms with Crippen molar-refractivity contribution in [3.05, 3.63) is 47.8 Å². The van der Waals surface area contributed by atoms with Gasteiger partial charge in [-0.3, -0.25) is 9.69 Å². The number of carbonyl (C=O) groups excluding carboxylic acids is 1. The van der Waals surface area contributed by atoms with Gasteiger partial charge in [-0.2, -0.15) is 5.10 Å². The van der Waals surface area contributed by atoms with Crippen molar-refractivity contribution in [1.29, 1.82) is 0 Å². The lowest BCUT2D eigenvalue weighted by Crippen LogP contribution is -2.46. The predicted molar refractivity (Wildman–Crippen MR) is 89.9 cm³/mol. The Balaban J connectivity index is 1.58. The van der Waals surface area contributed by atoms with Gasteiger partial charge in [-0.1, -0.05) is 18.2 Å². The first-order valence-electron chi connectivity index (χ1n) is 8.07. The van der Waals surface area contributed by atoms with E-state index in [1.807, 2.05) is 37.3 Å². The van der Waals surface area contributed by atoms with Gasteiger partial charge >= 0.3 is 0 Å². The number of rotatable bonds is 5. The Morgan fingerprint density at radius 3 is 2.74 bits per heavy atom. The van der Waals surface area contributed by atoms with E-state index in [0.717, 1.165) is 44.1 Å². The monoisotopic (exact) mass is 313 g/mol. The molecule has 1 aliphatic rings. The number of amides is 1. The standard InChI is InChI=1S/C17H23N5O/c1-14-16(13-20-22(14)15-5-3-2-4-6-15)17(23)19-9-12-21-10-7-18-8-11-21/h2-6,13,18H,7-12H2,1H3,(H,19,23). The summed E-state index contributed by atoms with van der Waals surface area (Å²) < 4.78 is 1.80. The highest BCUT2D eigenvalue weighted by atomic mass is 16.1. The first kappa shape index (κ1) is 15.7. The van der Waals surface area contributed by atoms with Gasteiger partial charge in [0.15, 0.2) is 0 Å². The maximum atomic E-state index is 12.4. The molecule has 0 saturated carbocycles. The fourth-order valence-electron chi connectivity index (χ4n) is 2.82. The zero-order valence-corrected chi connectivity index (χ0v) is 13.5. The Labute approximate surface area is 136 Å². The molecule has 122 valence electrons. The molecule has 3 rings (SSSR count). The Morgan fingerprint density at radius 1 is 1.26 bits per heavy atom. The third-order valence-corrected chi connectivity index (χ3v) is 4.18. The van der Waals surface area contributed by atoms with Crippen LogP contribution in [0, 0.1) is 6.92 Å². The smallest absolute Gasteiger partial charge is 0.254 e. The lowest BCUT2D eigenvalue weighted by atomic mass is 10.2. The summed E-state index contributed by atoms with van der Waals surface area (Å²) >= 11 is 0. The van der Waals surface area contributed by atoms with Crippen molar-refractivity contribution in [1.82, 2.24) is 25.3 Å². The lowest BCUT2D eigenvalue weighted by Gasteiger charge is -2.27. The normalized spacial score (nSPS) is 15.5. The van der Waals surface area contributed by atoms with E-state index in [2.05, 4.69) is 20.6 Å². The summed E-state index contributed by atoms with van der Waals surface area (Å²) in [6.45, 7) is 7.61. The van der Waals surface area contributed by atoms with Gasteiger partial charge in [0, 0.05) is 39.3 Å². The van der Waals surface area contributed by atoms with Crippen LogP contribution in [0.4, 0.5) is 0 Å². The van der Waals surface area contributed by atoms with E-state index in [0.29, 0.717) is 12.1 Å². The number of hydrogen-bond acceptors (Lipinski definition) is 4. The van der Waals surface area contributed by atoms with Crippen molar-refractivity contribution in [2.24, 2.45) is 0 Å². The summed E-state index contributed by atoms with van der Waals surface area (Å²) in [5.74, 6) is -0.0557. The molecule has 1 aromatic heterocycles. The minimum Gasteiger partial charge on any atom is -0.351 e. The van der Waals surface area contributed by atoms with Crippen molar-refractivity contribution < 1.29 is 4.79 Å². The maximum Gasteiger partial charge on any atom is 0.254 e. The summed E-state index contributed by atoms with van der Waals surface area (Å²) in [5.41, 5.74) is 2.45. The number of aromatic nitrogens is 2. The van der Waals surface area contributed by atoms with Crippen LogP contribution in [0.15, 0.2) is 36.5 Å². The number of para-hydroxylation sites is 1. The Bertz CT molecular complexity index is 646. The molecule has 0 radical (unpaired) electrons. The largest absolute Gasteiger partial charge is 0.351 e. The molecule has 0 bridgehead atoms. The molecule has 1 aliphatic heterocycles. The van der Waals surface area contributed by atoms with Crippen molar-refractivity contribution in [2.75, 3.05) is 39.3 Å². The van der Waals surface area contributed by atoms with E-state index in [1.165, 1.54) is 0 Å². The topological polar surface area (TPSA) is 62.2 Å². The van der Waals surface area contributed by atoms with Gasteiger partial charge in [-0.25, -0.2) is 4.68 Å². The molecule has 1 fully saturated rings. The van der Waals surface area contributed by atoms with E-state index >= 15 is 0 Å². The van der Waals surface area contributed by atoms with Crippen LogP contribution in [0.2, 0.25) is 0 Å². The predicted octanol–water partition coefficient (Wildman–Crippen LogP) is 0.816. The van der Waals surface area contributed by atoms with Crippen LogP contribution in [0.5, 0.6) is 0 Å². The van der Waals surface area contributed by atoms with Gasteiger partial charge in [-0.15, -0.1) is 0 Å². The van der Waals surface area contributed by atoms with Gasteiger partial charge in [0.25, 0.3) is 5.91 Å².